The van der Waals surface area contributed by atoms with E-state index in [0.717, 1.165) is 23.7 Å². The van der Waals surface area contributed by atoms with Crippen molar-refractivity contribution in [2.45, 2.75) is 32.7 Å². The molecule has 1 aliphatic rings. The van der Waals surface area contributed by atoms with Gasteiger partial charge in [0.25, 0.3) is 0 Å². The highest BCUT2D eigenvalue weighted by atomic mass is 15.2. The van der Waals surface area contributed by atoms with Gasteiger partial charge in [-0.1, -0.05) is 6.92 Å². The minimum atomic E-state index is 0.579. The molecule has 3 heteroatoms. The van der Waals surface area contributed by atoms with Crippen molar-refractivity contribution in [3.8, 4) is 0 Å². The van der Waals surface area contributed by atoms with Gasteiger partial charge >= 0.3 is 0 Å². The second-order valence-electron chi connectivity index (χ2n) is 5.75. The van der Waals surface area contributed by atoms with Crippen LogP contribution in [0.5, 0.6) is 0 Å². The molecule has 1 aliphatic heterocycles. The van der Waals surface area contributed by atoms with Gasteiger partial charge in [0.1, 0.15) is 0 Å². The van der Waals surface area contributed by atoms with Crippen LogP contribution in [0.2, 0.25) is 0 Å². The second kappa shape index (κ2) is 4.72. The van der Waals surface area contributed by atoms with Crippen molar-refractivity contribution in [3.05, 3.63) is 30.5 Å². The molecule has 1 saturated heterocycles. The molecule has 3 nitrogen and oxygen atoms in total. The number of benzene rings is 1. The van der Waals surface area contributed by atoms with Crippen LogP contribution in [0.1, 0.15) is 26.7 Å². The molecule has 0 radical (unpaired) electrons. The van der Waals surface area contributed by atoms with E-state index in [-0.39, 0.29) is 0 Å². The third-order valence-electron chi connectivity index (χ3n) is 4.23. The first kappa shape index (κ1) is 12.3. The Balaban J connectivity index is 2.08. The van der Waals surface area contributed by atoms with Crippen LogP contribution in [-0.2, 0) is 0 Å². The number of anilines is 2. The van der Waals surface area contributed by atoms with Gasteiger partial charge in [-0.15, -0.1) is 0 Å². The normalized spacial score (nSPS) is 23.8. The molecule has 3 rings (SSSR count). The minimum absolute atomic E-state index is 0.579. The third-order valence-corrected chi connectivity index (χ3v) is 4.23. The summed E-state index contributed by atoms with van der Waals surface area (Å²) in [5.41, 5.74) is 8.99. The van der Waals surface area contributed by atoms with Crippen LogP contribution in [0.3, 0.4) is 0 Å². The van der Waals surface area contributed by atoms with Gasteiger partial charge in [-0.05, 0) is 49.9 Å². The molecule has 100 valence electrons. The van der Waals surface area contributed by atoms with Crippen molar-refractivity contribution in [1.82, 2.24) is 4.98 Å². The van der Waals surface area contributed by atoms with Crippen LogP contribution in [0.25, 0.3) is 10.9 Å². The van der Waals surface area contributed by atoms with E-state index in [1.165, 1.54) is 23.9 Å². The van der Waals surface area contributed by atoms with Gasteiger partial charge in [-0.2, -0.15) is 0 Å². The molecule has 1 fully saturated rings. The van der Waals surface area contributed by atoms with E-state index in [0.29, 0.717) is 6.04 Å². The molecule has 0 bridgehead atoms. The maximum Gasteiger partial charge on any atom is 0.0951 e. The van der Waals surface area contributed by atoms with E-state index >= 15 is 0 Å². The number of nitrogens with zero attached hydrogens (tertiary/aromatic N) is 2. The predicted octanol–water partition coefficient (Wildman–Crippen LogP) is 3.44. The first-order chi connectivity index (χ1) is 9.16. The van der Waals surface area contributed by atoms with Gasteiger partial charge in [0.2, 0.25) is 0 Å². The Hall–Kier alpha value is -1.77. The van der Waals surface area contributed by atoms with Crippen LogP contribution in [0, 0.1) is 5.92 Å². The molecule has 1 aromatic heterocycles. The van der Waals surface area contributed by atoms with Gasteiger partial charge in [0, 0.05) is 29.9 Å². The van der Waals surface area contributed by atoms with Gasteiger partial charge < -0.3 is 10.6 Å². The summed E-state index contributed by atoms with van der Waals surface area (Å²) in [6.07, 6.45) is 4.33. The molecule has 19 heavy (non-hydrogen) atoms. The lowest BCUT2D eigenvalue weighted by Crippen LogP contribution is -2.40. The van der Waals surface area contributed by atoms with Crippen LogP contribution in [0.4, 0.5) is 11.4 Å². The third kappa shape index (κ3) is 2.14. The number of fused-ring (bicyclic) bond motifs is 1. The number of rotatable bonds is 1. The van der Waals surface area contributed by atoms with Crippen molar-refractivity contribution in [2.75, 3.05) is 17.2 Å². The van der Waals surface area contributed by atoms with Crippen molar-refractivity contribution in [3.63, 3.8) is 0 Å². The average Bonchev–Trinajstić information content (AvgIpc) is 2.41. The van der Waals surface area contributed by atoms with E-state index < -0.39 is 0 Å². The van der Waals surface area contributed by atoms with Crippen LogP contribution < -0.4 is 10.6 Å². The molecular weight excluding hydrogens is 234 g/mol. The maximum atomic E-state index is 6.03. The lowest BCUT2D eigenvalue weighted by atomic mass is 9.92. The Bertz CT molecular complexity index is 594. The number of nitrogen functional groups attached to an aromatic ring is 1. The van der Waals surface area contributed by atoms with Gasteiger partial charge in [0.05, 0.1) is 11.2 Å². The molecular formula is C16H21N3. The van der Waals surface area contributed by atoms with Gasteiger partial charge in [-0.25, -0.2) is 0 Å². The largest absolute Gasteiger partial charge is 0.397 e. The molecule has 0 amide bonds. The fourth-order valence-electron chi connectivity index (χ4n) is 3.20. The SMILES string of the molecule is CC1CCN(c2ccc(N)c3ncccc23)C(C)C1. The minimum Gasteiger partial charge on any atom is -0.397 e. The van der Waals surface area contributed by atoms with E-state index in [9.17, 15) is 0 Å². The first-order valence-corrected chi connectivity index (χ1v) is 7.06. The summed E-state index contributed by atoms with van der Waals surface area (Å²) in [5, 5.41) is 1.17. The highest BCUT2D eigenvalue weighted by Gasteiger charge is 2.24. The Kier molecular flexibility index (Phi) is 3.05. The van der Waals surface area contributed by atoms with Gasteiger partial charge in [-0.3, -0.25) is 4.98 Å². The summed E-state index contributed by atoms with van der Waals surface area (Å²) in [6.45, 7) is 5.78. The molecule has 0 saturated carbocycles. The lowest BCUT2D eigenvalue weighted by Gasteiger charge is -2.39. The number of piperidine rings is 1. The molecule has 2 aromatic rings. The Morgan fingerprint density at radius 3 is 2.89 bits per heavy atom. The molecule has 2 N–H and O–H groups in total. The predicted molar refractivity (Wildman–Crippen MR) is 81.4 cm³/mol. The van der Waals surface area contributed by atoms with E-state index in [2.05, 4.69) is 35.9 Å². The van der Waals surface area contributed by atoms with Crippen LogP contribution in [0.15, 0.2) is 30.5 Å². The molecule has 0 aliphatic carbocycles. The monoisotopic (exact) mass is 255 g/mol. The summed E-state index contributed by atoms with van der Waals surface area (Å²) in [5.74, 6) is 0.824. The summed E-state index contributed by atoms with van der Waals surface area (Å²) in [6, 6.07) is 8.82. The zero-order valence-electron chi connectivity index (χ0n) is 11.6. The summed E-state index contributed by atoms with van der Waals surface area (Å²) in [4.78, 5) is 6.93. The zero-order valence-corrected chi connectivity index (χ0v) is 11.6. The fraction of sp³-hybridized carbons (Fsp3) is 0.438. The Morgan fingerprint density at radius 2 is 2.11 bits per heavy atom. The number of hydrogen-bond acceptors (Lipinski definition) is 3. The highest BCUT2D eigenvalue weighted by molar-refractivity contribution is 5.98. The Morgan fingerprint density at radius 1 is 1.26 bits per heavy atom. The van der Waals surface area contributed by atoms with E-state index in [1.54, 1.807) is 0 Å². The van der Waals surface area contributed by atoms with Crippen LogP contribution in [-0.4, -0.2) is 17.6 Å². The zero-order chi connectivity index (χ0) is 13.4. The number of hydrogen-bond donors (Lipinski definition) is 1. The maximum absolute atomic E-state index is 6.03. The molecule has 2 heterocycles. The van der Waals surface area contributed by atoms with Crippen LogP contribution >= 0.6 is 0 Å². The Labute approximate surface area is 114 Å². The topological polar surface area (TPSA) is 42.1 Å². The lowest BCUT2D eigenvalue weighted by molar-refractivity contribution is 0.378. The first-order valence-electron chi connectivity index (χ1n) is 7.06. The molecule has 0 spiro atoms. The molecule has 1 aromatic carbocycles. The molecule has 2 unspecified atom stereocenters. The van der Waals surface area contributed by atoms with Gasteiger partial charge in [0.15, 0.2) is 0 Å². The van der Waals surface area contributed by atoms with Crippen molar-refractivity contribution < 1.29 is 0 Å². The van der Waals surface area contributed by atoms with Crippen molar-refractivity contribution >= 4 is 22.3 Å². The van der Waals surface area contributed by atoms with Crippen molar-refractivity contribution in [1.29, 1.82) is 0 Å². The summed E-state index contributed by atoms with van der Waals surface area (Å²) in [7, 11) is 0. The highest BCUT2D eigenvalue weighted by Crippen LogP contribution is 2.34. The summed E-state index contributed by atoms with van der Waals surface area (Å²) < 4.78 is 0. The number of aromatic nitrogens is 1. The standard InChI is InChI=1S/C16H21N3/c1-11-7-9-19(12(2)10-11)15-6-5-14(17)16-13(15)4-3-8-18-16/h3-6,8,11-12H,7,9-10,17H2,1-2H3. The number of nitrogens with two attached hydrogens (primary N) is 1. The van der Waals surface area contributed by atoms with E-state index in [1.807, 2.05) is 18.3 Å². The smallest absolute Gasteiger partial charge is 0.0951 e. The van der Waals surface area contributed by atoms with Crippen molar-refractivity contribution in [2.24, 2.45) is 5.92 Å². The molecule has 2 atom stereocenters. The number of pyridine rings is 1. The second-order valence-corrected chi connectivity index (χ2v) is 5.75. The fourth-order valence-corrected chi connectivity index (χ4v) is 3.20. The average molecular weight is 255 g/mol. The van der Waals surface area contributed by atoms with E-state index in [4.69, 9.17) is 5.73 Å². The summed E-state index contributed by atoms with van der Waals surface area (Å²) >= 11 is 0. The quantitative estimate of drug-likeness (QED) is 0.794.